The molecule has 1 aromatic rings. The second kappa shape index (κ2) is 12.7. The number of para-hydroxylation sites is 2. The Kier molecular flexibility index (Phi) is 11.1. The maximum absolute atomic E-state index is 11.7. The number of anilines is 1. The lowest BCUT2D eigenvalue weighted by Crippen LogP contribution is -2.52. The minimum Gasteiger partial charge on any atom is -0.495 e. The van der Waals surface area contributed by atoms with Crippen LogP contribution in [0.15, 0.2) is 29.3 Å². The Balaban J connectivity index is 0.00000450. The zero-order valence-corrected chi connectivity index (χ0v) is 21.1. The van der Waals surface area contributed by atoms with Crippen LogP contribution in [0, 0.1) is 0 Å². The molecule has 1 saturated heterocycles. The van der Waals surface area contributed by atoms with Crippen molar-refractivity contribution in [1.82, 2.24) is 15.5 Å². The molecule has 9 heteroatoms. The highest BCUT2D eigenvalue weighted by atomic mass is 127. The van der Waals surface area contributed by atoms with Crippen LogP contribution in [0.25, 0.3) is 0 Å². The number of nitrogens with zero attached hydrogens (tertiary/aromatic N) is 3. The van der Waals surface area contributed by atoms with Gasteiger partial charge >= 0.3 is 6.09 Å². The number of methoxy groups -OCH3 is 1. The number of carbonyl (C=O) groups excluding carboxylic acids is 1. The lowest BCUT2D eigenvalue weighted by Gasteiger charge is -2.38. The van der Waals surface area contributed by atoms with E-state index in [9.17, 15) is 4.79 Å². The fraction of sp³-hybridized carbons (Fsp3) is 0.619. The van der Waals surface area contributed by atoms with E-state index >= 15 is 0 Å². The number of halogens is 1. The molecule has 0 spiro atoms. The number of aliphatic imine (C=N–C) groups is 1. The third-order valence-electron chi connectivity index (χ3n) is 4.38. The van der Waals surface area contributed by atoms with E-state index in [1.165, 1.54) is 0 Å². The molecule has 0 saturated carbocycles. The number of ether oxygens (including phenoxy) is 2. The van der Waals surface area contributed by atoms with E-state index in [1.807, 2.05) is 39.0 Å². The number of guanidine groups is 1. The van der Waals surface area contributed by atoms with Gasteiger partial charge in [-0.3, -0.25) is 4.99 Å². The second-order valence-electron chi connectivity index (χ2n) is 7.81. The topological polar surface area (TPSA) is 78.4 Å². The fourth-order valence-electron chi connectivity index (χ4n) is 3.11. The summed E-state index contributed by atoms with van der Waals surface area (Å²) in [4.78, 5) is 21.0. The molecular weight excluding hydrogens is 497 g/mol. The normalized spacial score (nSPS) is 14.6. The first-order chi connectivity index (χ1) is 13.8. The molecule has 1 fully saturated rings. The minimum atomic E-state index is -0.497. The van der Waals surface area contributed by atoms with Crippen molar-refractivity contribution in [1.29, 1.82) is 0 Å². The average Bonchev–Trinajstić information content (AvgIpc) is 2.69. The van der Waals surface area contributed by atoms with Crippen molar-refractivity contribution in [2.45, 2.75) is 33.3 Å². The van der Waals surface area contributed by atoms with Crippen molar-refractivity contribution in [3.8, 4) is 5.75 Å². The Bertz CT molecular complexity index is 685. The van der Waals surface area contributed by atoms with Crippen molar-refractivity contribution in [2.24, 2.45) is 4.99 Å². The Morgan fingerprint density at radius 2 is 1.80 bits per heavy atom. The quantitative estimate of drug-likeness (QED) is 0.254. The number of hydrogen-bond donors (Lipinski definition) is 2. The molecule has 0 aliphatic carbocycles. The second-order valence-corrected chi connectivity index (χ2v) is 7.81. The largest absolute Gasteiger partial charge is 0.495 e. The van der Waals surface area contributed by atoms with E-state index in [0.717, 1.165) is 50.1 Å². The van der Waals surface area contributed by atoms with Crippen molar-refractivity contribution in [2.75, 3.05) is 57.8 Å². The molecule has 1 amide bonds. The number of rotatable bonds is 6. The van der Waals surface area contributed by atoms with Gasteiger partial charge < -0.3 is 29.9 Å². The lowest BCUT2D eigenvalue weighted by atomic mass is 10.2. The van der Waals surface area contributed by atoms with E-state index in [4.69, 9.17) is 9.47 Å². The Hall–Kier alpha value is -1.91. The van der Waals surface area contributed by atoms with Crippen LogP contribution in [0.1, 0.15) is 27.7 Å². The molecule has 0 atom stereocenters. The van der Waals surface area contributed by atoms with Gasteiger partial charge in [0, 0.05) is 39.3 Å². The van der Waals surface area contributed by atoms with Gasteiger partial charge in [0.05, 0.1) is 19.3 Å². The number of hydrogen-bond acceptors (Lipinski definition) is 5. The van der Waals surface area contributed by atoms with Crippen molar-refractivity contribution in [3.05, 3.63) is 24.3 Å². The van der Waals surface area contributed by atoms with Gasteiger partial charge in [0.25, 0.3) is 0 Å². The summed E-state index contributed by atoms with van der Waals surface area (Å²) in [6, 6.07) is 8.11. The fourth-order valence-corrected chi connectivity index (χ4v) is 3.11. The molecule has 170 valence electrons. The van der Waals surface area contributed by atoms with Crippen molar-refractivity contribution < 1.29 is 14.3 Å². The predicted molar refractivity (Wildman–Crippen MR) is 132 cm³/mol. The first-order valence-corrected chi connectivity index (χ1v) is 10.2. The van der Waals surface area contributed by atoms with E-state index in [1.54, 1.807) is 7.11 Å². The molecule has 0 bridgehead atoms. The molecule has 0 unspecified atom stereocenters. The Morgan fingerprint density at radius 1 is 1.13 bits per heavy atom. The minimum absolute atomic E-state index is 0. The third-order valence-corrected chi connectivity index (χ3v) is 4.38. The molecule has 8 nitrogen and oxygen atoms in total. The van der Waals surface area contributed by atoms with Crippen LogP contribution in [0.4, 0.5) is 10.5 Å². The molecule has 30 heavy (non-hydrogen) atoms. The van der Waals surface area contributed by atoms with Crippen LogP contribution < -0.4 is 20.3 Å². The zero-order valence-electron chi connectivity index (χ0n) is 18.7. The van der Waals surface area contributed by atoms with Crippen LogP contribution in [0.3, 0.4) is 0 Å². The van der Waals surface area contributed by atoms with Crippen LogP contribution >= 0.6 is 24.0 Å². The highest BCUT2D eigenvalue weighted by molar-refractivity contribution is 14.0. The molecule has 1 aliphatic rings. The van der Waals surface area contributed by atoms with Gasteiger partial charge in [0.2, 0.25) is 0 Å². The molecule has 0 aromatic heterocycles. The summed E-state index contributed by atoms with van der Waals surface area (Å²) < 4.78 is 10.7. The van der Waals surface area contributed by atoms with Crippen LogP contribution in [-0.2, 0) is 4.74 Å². The number of nitrogens with one attached hydrogen (secondary N) is 2. The van der Waals surface area contributed by atoms with E-state index in [-0.39, 0.29) is 24.0 Å². The van der Waals surface area contributed by atoms with Gasteiger partial charge in [-0.15, -0.1) is 24.0 Å². The number of amides is 1. The number of piperazine rings is 1. The Morgan fingerprint density at radius 3 is 2.40 bits per heavy atom. The van der Waals surface area contributed by atoms with Gasteiger partial charge in [-0.1, -0.05) is 12.1 Å². The smallest absolute Gasteiger partial charge is 0.407 e. The SMILES string of the molecule is CCNC(=NCCNC(=O)OC(C)(C)C)N1CCN(c2ccccc2OC)CC1.I. The molecule has 2 N–H and O–H groups in total. The van der Waals surface area contributed by atoms with E-state index in [0.29, 0.717) is 13.1 Å². The predicted octanol–water partition coefficient (Wildman–Crippen LogP) is 2.93. The van der Waals surface area contributed by atoms with Gasteiger partial charge in [-0.2, -0.15) is 0 Å². The monoisotopic (exact) mass is 533 g/mol. The van der Waals surface area contributed by atoms with E-state index < -0.39 is 11.7 Å². The van der Waals surface area contributed by atoms with E-state index in [2.05, 4.69) is 38.4 Å². The summed E-state index contributed by atoms with van der Waals surface area (Å²) in [6.07, 6.45) is -0.414. The molecular formula is C21H36IN5O3. The number of carbonyl (C=O) groups is 1. The summed E-state index contributed by atoms with van der Waals surface area (Å²) >= 11 is 0. The summed E-state index contributed by atoms with van der Waals surface area (Å²) in [7, 11) is 1.70. The lowest BCUT2D eigenvalue weighted by molar-refractivity contribution is 0.0529. The van der Waals surface area contributed by atoms with Gasteiger partial charge in [-0.05, 0) is 39.8 Å². The molecule has 1 heterocycles. The molecule has 0 radical (unpaired) electrons. The molecule has 2 rings (SSSR count). The van der Waals surface area contributed by atoms with Gasteiger partial charge in [-0.25, -0.2) is 4.79 Å². The summed E-state index contributed by atoms with van der Waals surface area (Å²) in [6.45, 7) is 12.8. The van der Waals surface area contributed by atoms with Gasteiger partial charge in [0.15, 0.2) is 5.96 Å². The highest BCUT2D eigenvalue weighted by Crippen LogP contribution is 2.28. The molecule has 1 aliphatic heterocycles. The third kappa shape index (κ3) is 8.45. The zero-order chi connectivity index (χ0) is 21.3. The van der Waals surface area contributed by atoms with Gasteiger partial charge in [0.1, 0.15) is 11.4 Å². The average molecular weight is 533 g/mol. The van der Waals surface area contributed by atoms with Crippen molar-refractivity contribution in [3.63, 3.8) is 0 Å². The van der Waals surface area contributed by atoms with Crippen molar-refractivity contribution >= 4 is 41.7 Å². The molecule has 1 aromatic carbocycles. The summed E-state index contributed by atoms with van der Waals surface area (Å²) in [5.41, 5.74) is 0.627. The number of alkyl carbamates (subject to hydrolysis) is 1. The van der Waals surface area contributed by atoms with Crippen LogP contribution in [-0.4, -0.2) is 75.5 Å². The highest BCUT2D eigenvalue weighted by Gasteiger charge is 2.21. The van der Waals surface area contributed by atoms with Crippen LogP contribution in [0.5, 0.6) is 5.75 Å². The standard InChI is InChI=1S/C21H35N5O3.HI/c1-6-22-19(23-11-12-24-20(27)29-21(2,3)4)26-15-13-25(14-16-26)17-9-7-8-10-18(17)28-5;/h7-10H,6,11-16H2,1-5H3,(H,22,23)(H,24,27);1H. The Labute approximate surface area is 197 Å². The number of benzene rings is 1. The summed E-state index contributed by atoms with van der Waals surface area (Å²) in [5.74, 6) is 1.77. The van der Waals surface area contributed by atoms with Crippen LogP contribution in [0.2, 0.25) is 0 Å². The first-order valence-electron chi connectivity index (χ1n) is 10.2. The maximum atomic E-state index is 11.7. The maximum Gasteiger partial charge on any atom is 0.407 e. The first kappa shape index (κ1) is 26.1. The summed E-state index contributed by atoms with van der Waals surface area (Å²) in [5, 5.41) is 6.09.